The molecular weight excluding hydrogens is 255 g/mol. The van der Waals surface area contributed by atoms with Crippen LogP contribution in [0.1, 0.15) is 9.67 Å². The molecule has 1 heterocycles. The number of rotatable bonds is 3. The second-order valence-corrected chi connectivity index (χ2v) is 3.66. The van der Waals surface area contributed by atoms with Crippen molar-refractivity contribution in [2.24, 2.45) is 0 Å². The summed E-state index contributed by atoms with van der Waals surface area (Å²) in [7, 11) is 0. The van der Waals surface area contributed by atoms with E-state index in [9.17, 15) is 31.5 Å². The minimum Gasteiger partial charge on any atom is -0.286 e. The van der Waals surface area contributed by atoms with Crippen molar-refractivity contribution in [3.63, 3.8) is 0 Å². The Balaban J connectivity index is 3.03. The summed E-state index contributed by atoms with van der Waals surface area (Å²) in [5.41, 5.74) is 0. The van der Waals surface area contributed by atoms with Crippen molar-refractivity contribution >= 4 is 22.9 Å². The lowest BCUT2D eigenvalue weighted by molar-refractivity contribution is -0.189. The zero-order valence-corrected chi connectivity index (χ0v) is 8.16. The van der Waals surface area contributed by atoms with Gasteiger partial charge >= 0.3 is 17.9 Å². The van der Waals surface area contributed by atoms with E-state index < -0.39 is 28.5 Å². The average Bonchev–Trinajstić information content (AvgIpc) is 2.66. The first kappa shape index (κ1) is 12.8. The van der Waals surface area contributed by atoms with Gasteiger partial charge in [-0.05, 0) is 11.4 Å². The van der Waals surface area contributed by atoms with Crippen molar-refractivity contribution in [2.45, 2.75) is 12.1 Å². The Bertz CT molecular complexity index is 407. The molecule has 0 saturated heterocycles. The molecule has 0 atom stereocenters. The average molecular weight is 258 g/mol. The van der Waals surface area contributed by atoms with E-state index in [0.717, 1.165) is 6.07 Å². The van der Waals surface area contributed by atoms with Crippen LogP contribution in [0.3, 0.4) is 0 Å². The van der Waals surface area contributed by atoms with E-state index in [-0.39, 0.29) is 0 Å². The first-order valence-electron chi connectivity index (χ1n) is 3.75. The third-order valence-corrected chi connectivity index (χ3v) is 2.44. The van der Waals surface area contributed by atoms with Gasteiger partial charge in [-0.3, -0.25) is 9.59 Å². The summed E-state index contributed by atoms with van der Waals surface area (Å²) in [6.07, 6.45) is -5.74. The number of hydrogen-bond acceptors (Lipinski definition) is 3. The van der Waals surface area contributed by atoms with Crippen molar-refractivity contribution in [3.05, 3.63) is 22.4 Å². The normalized spacial score (nSPS) is 12.6. The van der Waals surface area contributed by atoms with Crippen LogP contribution in [0.4, 0.5) is 22.0 Å². The Kier molecular flexibility index (Phi) is 3.13. The van der Waals surface area contributed by atoms with Gasteiger partial charge in [0, 0.05) is 0 Å². The molecule has 1 aromatic rings. The zero-order valence-electron chi connectivity index (χ0n) is 7.35. The van der Waals surface area contributed by atoms with Gasteiger partial charge in [0.1, 0.15) is 0 Å². The Hall–Kier alpha value is -1.31. The van der Waals surface area contributed by atoms with Crippen LogP contribution in [0.25, 0.3) is 0 Å². The number of halogens is 5. The van der Waals surface area contributed by atoms with E-state index in [1.807, 2.05) is 0 Å². The molecule has 16 heavy (non-hydrogen) atoms. The van der Waals surface area contributed by atoms with Crippen molar-refractivity contribution in [1.29, 1.82) is 0 Å². The number of hydrogen-bond donors (Lipinski definition) is 0. The minimum absolute atomic E-state index is 0.537. The maximum Gasteiger partial charge on any atom is 0.456 e. The molecule has 0 spiro atoms. The molecule has 0 bridgehead atoms. The highest BCUT2D eigenvalue weighted by molar-refractivity contribution is 7.12. The fourth-order valence-electron chi connectivity index (χ4n) is 0.844. The van der Waals surface area contributed by atoms with E-state index >= 15 is 0 Å². The Morgan fingerprint density at radius 3 is 2.06 bits per heavy atom. The largest absolute Gasteiger partial charge is 0.456 e. The van der Waals surface area contributed by atoms with Crippen LogP contribution >= 0.6 is 11.3 Å². The highest BCUT2D eigenvalue weighted by atomic mass is 32.1. The topological polar surface area (TPSA) is 34.1 Å². The fraction of sp³-hybridized carbons (Fsp3) is 0.250. The van der Waals surface area contributed by atoms with Gasteiger partial charge in [-0.25, -0.2) is 0 Å². The van der Waals surface area contributed by atoms with Gasteiger partial charge in [0.15, 0.2) is 0 Å². The van der Waals surface area contributed by atoms with Gasteiger partial charge in [0.05, 0.1) is 4.88 Å². The third kappa shape index (κ3) is 2.26. The van der Waals surface area contributed by atoms with Gasteiger partial charge in [0.2, 0.25) is 5.78 Å². The van der Waals surface area contributed by atoms with E-state index in [1.54, 1.807) is 0 Å². The van der Waals surface area contributed by atoms with Crippen LogP contribution in [-0.2, 0) is 4.79 Å². The number of thiophene rings is 1. The summed E-state index contributed by atoms with van der Waals surface area (Å²) < 4.78 is 61.0. The molecule has 0 unspecified atom stereocenters. The van der Waals surface area contributed by atoms with E-state index in [1.165, 1.54) is 11.4 Å². The van der Waals surface area contributed by atoms with Gasteiger partial charge in [-0.2, -0.15) is 22.0 Å². The summed E-state index contributed by atoms with van der Waals surface area (Å²) in [6, 6.07) is 2.14. The highest BCUT2D eigenvalue weighted by Gasteiger charge is 2.59. The Morgan fingerprint density at radius 2 is 1.69 bits per heavy atom. The van der Waals surface area contributed by atoms with Crippen LogP contribution in [0.15, 0.2) is 17.5 Å². The Morgan fingerprint density at radius 1 is 1.12 bits per heavy atom. The van der Waals surface area contributed by atoms with Gasteiger partial charge in [-0.15, -0.1) is 11.3 Å². The maximum atomic E-state index is 12.9. The van der Waals surface area contributed by atoms with E-state index in [4.69, 9.17) is 0 Å². The minimum atomic E-state index is -5.74. The monoisotopic (exact) mass is 258 g/mol. The van der Waals surface area contributed by atoms with Gasteiger partial charge in [-0.1, -0.05) is 6.07 Å². The van der Waals surface area contributed by atoms with Crippen molar-refractivity contribution in [2.75, 3.05) is 0 Å². The number of ketones is 2. The Labute approximate surface area is 89.7 Å². The van der Waals surface area contributed by atoms with E-state index in [2.05, 4.69) is 0 Å². The summed E-state index contributed by atoms with van der Waals surface area (Å²) in [4.78, 5) is 20.7. The lowest BCUT2D eigenvalue weighted by Crippen LogP contribution is -2.45. The van der Waals surface area contributed by atoms with Crippen LogP contribution in [-0.4, -0.2) is 23.7 Å². The van der Waals surface area contributed by atoms with Crippen LogP contribution in [0.2, 0.25) is 0 Å². The summed E-state index contributed by atoms with van der Waals surface area (Å²) >= 11 is 0.537. The molecule has 2 nitrogen and oxygen atoms in total. The highest BCUT2D eigenvalue weighted by Crippen LogP contribution is 2.31. The first-order valence-corrected chi connectivity index (χ1v) is 4.63. The maximum absolute atomic E-state index is 12.9. The fourth-order valence-corrected chi connectivity index (χ4v) is 1.54. The molecule has 0 amide bonds. The van der Waals surface area contributed by atoms with Crippen molar-refractivity contribution in [3.8, 4) is 0 Å². The molecule has 0 aliphatic carbocycles. The predicted molar refractivity (Wildman–Crippen MR) is 44.7 cm³/mol. The quantitative estimate of drug-likeness (QED) is 0.474. The molecule has 0 radical (unpaired) electrons. The smallest absolute Gasteiger partial charge is 0.286 e. The molecule has 0 N–H and O–H groups in total. The number of carbonyl (C=O) groups excluding carboxylic acids is 2. The summed E-state index contributed by atoms with van der Waals surface area (Å²) in [5.74, 6) is -10.5. The second-order valence-electron chi connectivity index (χ2n) is 2.71. The third-order valence-electron chi connectivity index (χ3n) is 1.57. The molecule has 0 aromatic carbocycles. The first-order chi connectivity index (χ1) is 7.17. The number of Topliss-reactive ketones (excluding diaryl/α,β-unsaturated/α-hetero) is 2. The lowest BCUT2D eigenvalue weighted by atomic mass is 10.1. The summed E-state index contributed by atoms with van der Waals surface area (Å²) in [6.45, 7) is 0. The molecule has 0 aliphatic rings. The van der Waals surface area contributed by atoms with E-state index in [0.29, 0.717) is 11.3 Å². The molecule has 1 rings (SSSR count). The molecule has 0 fully saturated rings. The zero-order chi connectivity index (χ0) is 12.6. The van der Waals surface area contributed by atoms with Crippen molar-refractivity contribution in [1.82, 2.24) is 0 Å². The van der Waals surface area contributed by atoms with Crippen LogP contribution in [0, 0.1) is 0 Å². The molecule has 88 valence electrons. The molecule has 8 heteroatoms. The van der Waals surface area contributed by atoms with Crippen LogP contribution < -0.4 is 0 Å². The van der Waals surface area contributed by atoms with Crippen LogP contribution in [0.5, 0.6) is 0 Å². The van der Waals surface area contributed by atoms with Gasteiger partial charge in [0.25, 0.3) is 0 Å². The standard InChI is InChI=1S/C8H3F5O2S/c9-7(10,6(15)8(11,12)13)5(14)4-2-1-3-16-4/h1-3H. The molecule has 0 saturated carbocycles. The lowest BCUT2D eigenvalue weighted by Gasteiger charge is -2.14. The molecule has 1 aromatic heterocycles. The number of carbonyl (C=O) groups is 2. The molecule has 0 aliphatic heterocycles. The van der Waals surface area contributed by atoms with Gasteiger partial charge < -0.3 is 0 Å². The predicted octanol–water partition coefficient (Wildman–Crippen LogP) is 2.70. The second kappa shape index (κ2) is 3.93. The van der Waals surface area contributed by atoms with Crippen molar-refractivity contribution < 1.29 is 31.5 Å². The SMILES string of the molecule is O=C(c1cccs1)C(F)(F)C(=O)C(F)(F)F. The molecular formula is C8H3F5O2S. The summed E-state index contributed by atoms with van der Waals surface area (Å²) in [5, 5.41) is 1.24. The number of alkyl halides is 5.